The first-order valence-corrected chi connectivity index (χ1v) is 10.9. The first-order valence-electron chi connectivity index (χ1n) is 8.63. The number of hydrogen-bond acceptors (Lipinski definition) is 5. The van der Waals surface area contributed by atoms with Crippen molar-refractivity contribution in [3.05, 3.63) is 82.1 Å². The number of ether oxygens (including phenoxy) is 1. The highest BCUT2D eigenvalue weighted by Crippen LogP contribution is 2.29. The lowest BCUT2D eigenvalue weighted by atomic mass is 10.2. The van der Waals surface area contributed by atoms with Gasteiger partial charge in [-0.2, -0.15) is 0 Å². The van der Waals surface area contributed by atoms with Gasteiger partial charge in [-0.15, -0.1) is 0 Å². The number of anilines is 1. The maximum absolute atomic E-state index is 12.7. The average molecular weight is 466 g/mol. The van der Waals surface area contributed by atoms with Crippen molar-refractivity contribution in [1.82, 2.24) is 9.71 Å². The molecule has 0 aliphatic heterocycles. The molecule has 1 aromatic heterocycles. The Balaban J connectivity index is 1.84. The van der Waals surface area contributed by atoms with Gasteiger partial charge in [0.1, 0.15) is 5.75 Å². The van der Waals surface area contributed by atoms with E-state index in [0.717, 1.165) is 5.56 Å². The van der Waals surface area contributed by atoms with Crippen LogP contribution in [0.3, 0.4) is 0 Å². The fourth-order valence-corrected chi connectivity index (χ4v) is 4.12. The van der Waals surface area contributed by atoms with Crippen LogP contribution in [0.1, 0.15) is 15.9 Å². The van der Waals surface area contributed by atoms with Gasteiger partial charge in [-0.05, 0) is 54.1 Å². The Morgan fingerprint density at radius 2 is 1.80 bits per heavy atom. The summed E-state index contributed by atoms with van der Waals surface area (Å²) < 4.78 is 33.1. The van der Waals surface area contributed by atoms with Crippen LogP contribution in [0.4, 0.5) is 5.69 Å². The summed E-state index contributed by atoms with van der Waals surface area (Å²) >= 11 is 11.9. The van der Waals surface area contributed by atoms with Gasteiger partial charge < -0.3 is 10.1 Å². The summed E-state index contributed by atoms with van der Waals surface area (Å²) in [5, 5.41) is 3.19. The molecule has 1 heterocycles. The summed E-state index contributed by atoms with van der Waals surface area (Å²) in [7, 11) is -2.43. The van der Waals surface area contributed by atoms with Crippen molar-refractivity contribution in [2.45, 2.75) is 11.4 Å². The van der Waals surface area contributed by atoms with E-state index in [1.165, 1.54) is 43.5 Å². The number of rotatable bonds is 7. The number of methoxy groups -OCH3 is 1. The van der Waals surface area contributed by atoms with Gasteiger partial charge in [0, 0.05) is 24.0 Å². The van der Waals surface area contributed by atoms with Crippen molar-refractivity contribution in [2.24, 2.45) is 0 Å². The largest absolute Gasteiger partial charge is 0.495 e. The number of halogens is 2. The Kier molecular flexibility index (Phi) is 6.94. The van der Waals surface area contributed by atoms with Crippen LogP contribution < -0.4 is 14.8 Å². The van der Waals surface area contributed by atoms with Crippen molar-refractivity contribution in [3.63, 3.8) is 0 Å². The van der Waals surface area contributed by atoms with Gasteiger partial charge in [0.25, 0.3) is 5.91 Å². The number of benzene rings is 2. The Bertz CT molecular complexity index is 1170. The molecule has 0 aliphatic carbocycles. The molecule has 0 aliphatic rings. The maximum atomic E-state index is 12.7. The second-order valence-corrected chi connectivity index (χ2v) is 8.73. The SMILES string of the molecule is COc1ccc(S(=O)(=O)NCc2ccncc2)cc1NC(=O)c1ccc(Cl)cc1Cl. The highest BCUT2D eigenvalue weighted by molar-refractivity contribution is 7.89. The van der Waals surface area contributed by atoms with Crippen LogP contribution in [-0.4, -0.2) is 26.4 Å². The molecule has 0 radical (unpaired) electrons. The zero-order valence-corrected chi connectivity index (χ0v) is 18.1. The number of hydrogen-bond donors (Lipinski definition) is 2. The molecule has 2 aromatic carbocycles. The summed E-state index contributed by atoms with van der Waals surface area (Å²) in [4.78, 5) is 16.5. The van der Waals surface area contributed by atoms with Gasteiger partial charge in [0.2, 0.25) is 10.0 Å². The zero-order valence-electron chi connectivity index (χ0n) is 15.7. The molecule has 0 bridgehead atoms. The first kappa shape index (κ1) is 22.0. The Labute approximate surface area is 184 Å². The minimum atomic E-state index is -3.84. The lowest BCUT2D eigenvalue weighted by molar-refractivity contribution is 0.102. The molecule has 0 atom stereocenters. The van der Waals surface area contributed by atoms with Gasteiger partial charge in [-0.3, -0.25) is 9.78 Å². The second kappa shape index (κ2) is 9.44. The highest BCUT2D eigenvalue weighted by atomic mass is 35.5. The van der Waals surface area contributed by atoms with Crippen LogP contribution in [0.25, 0.3) is 0 Å². The smallest absolute Gasteiger partial charge is 0.257 e. The molecule has 0 spiro atoms. The predicted molar refractivity (Wildman–Crippen MR) is 116 cm³/mol. The van der Waals surface area contributed by atoms with E-state index in [0.29, 0.717) is 10.8 Å². The van der Waals surface area contributed by atoms with Crippen LogP contribution in [0.15, 0.2) is 65.8 Å². The Morgan fingerprint density at radius 3 is 2.47 bits per heavy atom. The first-order chi connectivity index (χ1) is 14.3. The van der Waals surface area contributed by atoms with E-state index in [9.17, 15) is 13.2 Å². The standard InChI is InChI=1S/C20H17Cl2N3O4S/c1-29-19-5-3-15(30(27,28)24-12-13-6-8-23-9-7-13)11-18(19)25-20(26)16-4-2-14(21)10-17(16)22/h2-11,24H,12H2,1H3,(H,25,26). The number of amides is 1. The van der Waals surface area contributed by atoms with Crippen molar-refractivity contribution in [3.8, 4) is 5.75 Å². The topological polar surface area (TPSA) is 97.4 Å². The maximum Gasteiger partial charge on any atom is 0.257 e. The van der Waals surface area contributed by atoms with Crippen molar-refractivity contribution in [1.29, 1.82) is 0 Å². The third-order valence-corrected chi connectivity index (χ3v) is 6.07. The molecule has 0 unspecified atom stereocenters. The molecule has 10 heteroatoms. The zero-order chi connectivity index (χ0) is 21.7. The van der Waals surface area contributed by atoms with Crippen LogP contribution in [0.5, 0.6) is 5.75 Å². The van der Waals surface area contributed by atoms with E-state index in [-0.39, 0.29) is 27.7 Å². The monoisotopic (exact) mass is 465 g/mol. The van der Waals surface area contributed by atoms with E-state index in [2.05, 4.69) is 15.0 Å². The quantitative estimate of drug-likeness (QED) is 0.546. The minimum Gasteiger partial charge on any atom is -0.495 e. The molecule has 1 amide bonds. The number of carbonyl (C=O) groups is 1. The molecule has 0 fully saturated rings. The van der Waals surface area contributed by atoms with Crippen molar-refractivity contribution >= 4 is 44.8 Å². The molecule has 30 heavy (non-hydrogen) atoms. The van der Waals surface area contributed by atoms with Crippen LogP contribution in [-0.2, 0) is 16.6 Å². The summed E-state index contributed by atoms with van der Waals surface area (Å²) in [5.74, 6) is -0.240. The van der Waals surface area contributed by atoms with Crippen LogP contribution >= 0.6 is 23.2 Å². The molecule has 156 valence electrons. The van der Waals surface area contributed by atoms with Gasteiger partial charge in [-0.25, -0.2) is 13.1 Å². The van der Waals surface area contributed by atoms with E-state index >= 15 is 0 Å². The highest BCUT2D eigenvalue weighted by Gasteiger charge is 2.19. The fourth-order valence-electron chi connectivity index (χ4n) is 2.58. The number of pyridine rings is 1. The third kappa shape index (κ3) is 5.28. The molecular formula is C20H17Cl2N3O4S. The van der Waals surface area contributed by atoms with Gasteiger partial charge >= 0.3 is 0 Å². The van der Waals surface area contributed by atoms with Crippen molar-refractivity contribution < 1.29 is 17.9 Å². The Morgan fingerprint density at radius 1 is 1.07 bits per heavy atom. The number of sulfonamides is 1. The second-order valence-electron chi connectivity index (χ2n) is 6.12. The molecule has 3 aromatic rings. The average Bonchev–Trinajstić information content (AvgIpc) is 2.73. The number of carbonyl (C=O) groups excluding carboxylic acids is 1. The van der Waals surface area contributed by atoms with Gasteiger partial charge in [-0.1, -0.05) is 23.2 Å². The number of nitrogens with one attached hydrogen (secondary N) is 2. The fraction of sp³-hybridized carbons (Fsp3) is 0.100. The van der Waals surface area contributed by atoms with E-state index in [1.54, 1.807) is 24.5 Å². The van der Waals surface area contributed by atoms with E-state index in [4.69, 9.17) is 27.9 Å². The van der Waals surface area contributed by atoms with Crippen LogP contribution in [0, 0.1) is 0 Å². The summed E-state index contributed by atoms with van der Waals surface area (Å²) in [6.45, 7) is 0.0962. The third-order valence-electron chi connectivity index (χ3n) is 4.12. The van der Waals surface area contributed by atoms with E-state index in [1.807, 2.05) is 0 Å². The molecular weight excluding hydrogens is 449 g/mol. The predicted octanol–water partition coefficient (Wildman–Crippen LogP) is 4.13. The number of nitrogens with zero attached hydrogens (tertiary/aromatic N) is 1. The van der Waals surface area contributed by atoms with E-state index < -0.39 is 15.9 Å². The summed E-state index contributed by atoms with van der Waals surface area (Å²) in [5.41, 5.74) is 1.13. The molecule has 2 N–H and O–H groups in total. The van der Waals surface area contributed by atoms with Gasteiger partial charge in [0.15, 0.2) is 0 Å². The normalized spacial score (nSPS) is 11.2. The Hall–Kier alpha value is -2.65. The lowest BCUT2D eigenvalue weighted by Gasteiger charge is -2.13. The summed E-state index contributed by atoms with van der Waals surface area (Å²) in [6.07, 6.45) is 3.15. The minimum absolute atomic E-state index is 0.0325. The summed E-state index contributed by atoms with van der Waals surface area (Å²) in [6, 6.07) is 12.0. The lowest BCUT2D eigenvalue weighted by Crippen LogP contribution is -2.23. The molecule has 7 nitrogen and oxygen atoms in total. The van der Waals surface area contributed by atoms with Crippen molar-refractivity contribution in [2.75, 3.05) is 12.4 Å². The molecule has 0 saturated heterocycles. The molecule has 3 rings (SSSR count). The van der Waals surface area contributed by atoms with Crippen LogP contribution in [0.2, 0.25) is 10.0 Å². The number of aromatic nitrogens is 1. The molecule has 0 saturated carbocycles. The van der Waals surface area contributed by atoms with Gasteiger partial charge in [0.05, 0.1) is 28.3 Å².